The number of benzene rings is 1. The lowest BCUT2D eigenvalue weighted by Gasteiger charge is -2.30. The van der Waals surface area contributed by atoms with Crippen molar-refractivity contribution in [1.29, 1.82) is 0 Å². The predicted octanol–water partition coefficient (Wildman–Crippen LogP) is 3.40. The average molecular weight is 368 g/mol. The van der Waals surface area contributed by atoms with E-state index in [1.54, 1.807) is 4.57 Å². The lowest BCUT2D eigenvalue weighted by Crippen LogP contribution is -2.39. The molecule has 9 heteroatoms. The molecule has 0 bridgehead atoms. The maximum Gasteiger partial charge on any atom is 0.433 e. The highest BCUT2D eigenvalue weighted by Gasteiger charge is 2.35. The molecule has 1 aromatic carbocycles. The number of nitrogens with zero attached hydrogens (tertiary/aromatic N) is 3. The van der Waals surface area contributed by atoms with Crippen molar-refractivity contribution in [2.24, 2.45) is 5.73 Å². The van der Waals surface area contributed by atoms with Gasteiger partial charge < -0.3 is 10.3 Å². The molecule has 0 amide bonds. The highest BCUT2D eigenvalue weighted by Crippen LogP contribution is 2.34. The van der Waals surface area contributed by atoms with E-state index in [1.165, 1.54) is 0 Å². The van der Waals surface area contributed by atoms with Crippen LogP contribution >= 0.6 is 0 Å². The number of pyridine rings is 1. The summed E-state index contributed by atoms with van der Waals surface area (Å²) in [6, 6.07) is 3.49. The molecule has 0 radical (unpaired) electrons. The van der Waals surface area contributed by atoms with E-state index < -0.39 is 35.5 Å². The number of fused-ring (bicyclic) bond motifs is 3. The van der Waals surface area contributed by atoms with Gasteiger partial charge in [0.1, 0.15) is 28.7 Å². The topological polar surface area (TPSA) is 56.7 Å². The Kier molecular flexibility index (Phi) is 3.72. The summed E-state index contributed by atoms with van der Waals surface area (Å²) >= 11 is 0. The van der Waals surface area contributed by atoms with Crippen molar-refractivity contribution in [2.75, 3.05) is 0 Å². The number of aromatic nitrogens is 3. The van der Waals surface area contributed by atoms with E-state index in [1.807, 2.05) is 0 Å². The Morgan fingerprint density at radius 2 is 1.92 bits per heavy atom. The number of halogens is 5. The third-order valence-corrected chi connectivity index (χ3v) is 4.67. The summed E-state index contributed by atoms with van der Waals surface area (Å²) in [5.41, 5.74) is 5.85. The van der Waals surface area contributed by atoms with Gasteiger partial charge in [-0.05, 0) is 29.8 Å². The molecule has 0 aliphatic carbocycles. The van der Waals surface area contributed by atoms with Gasteiger partial charge >= 0.3 is 6.18 Å². The minimum atomic E-state index is -4.57. The molecule has 0 fully saturated rings. The van der Waals surface area contributed by atoms with Gasteiger partial charge in [0.05, 0.1) is 11.7 Å². The van der Waals surface area contributed by atoms with Crippen molar-refractivity contribution in [3.05, 3.63) is 59.2 Å². The van der Waals surface area contributed by atoms with Gasteiger partial charge in [-0.3, -0.25) is 0 Å². The van der Waals surface area contributed by atoms with Gasteiger partial charge in [0.15, 0.2) is 0 Å². The highest BCUT2D eigenvalue weighted by molar-refractivity contribution is 5.76. The molecule has 2 aromatic heterocycles. The Labute approximate surface area is 144 Å². The average Bonchev–Trinajstić information content (AvgIpc) is 2.92. The molecule has 4 rings (SSSR count). The number of nitrogens with two attached hydrogens (primary N) is 1. The molecule has 4 nitrogen and oxygen atoms in total. The van der Waals surface area contributed by atoms with Crippen molar-refractivity contribution < 1.29 is 22.0 Å². The summed E-state index contributed by atoms with van der Waals surface area (Å²) in [6.07, 6.45) is -3.31. The van der Waals surface area contributed by atoms with E-state index >= 15 is 0 Å². The van der Waals surface area contributed by atoms with E-state index in [0.717, 1.165) is 30.5 Å². The molecular weight excluding hydrogens is 355 g/mol. The zero-order valence-corrected chi connectivity index (χ0v) is 13.3. The van der Waals surface area contributed by atoms with Crippen molar-refractivity contribution in [1.82, 2.24) is 14.5 Å². The first-order valence-corrected chi connectivity index (χ1v) is 7.87. The number of alkyl halides is 3. The zero-order chi connectivity index (χ0) is 18.6. The van der Waals surface area contributed by atoms with Crippen LogP contribution in [0.15, 0.2) is 30.5 Å². The summed E-state index contributed by atoms with van der Waals surface area (Å²) in [7, 11) is 0. The predicted molar refractivity (Wildman–Crippen MR) is 83.3 cm³/mol. The highest BCUT2D eigenvalue weighted by atomic mass is 19.4. The first kappa shape index (κ1) is 16.9. The number of hydrogen-bond acceptors (Lipinski definition) is 3. The first-order valence-electron chi connectivity index (χ1n) is 7.87. The lowest BCUT2D eigenvalue weighted by atomic mass is 9.86. The van der Waals surface area contributed by atoms with Crippen molar-refractivity contribution in [3.8, 4) is 0 Å². The zero-order valence-electron chi connectivity index (χ0n) is 13.3. The SMILES string of the molecule is N[C@H]1Cn2c(nc3cnc(C(F)(F)F)cc32)CC1c1cc(F)ccc1F. The molecule has 0 saturated carbocycles. The Morgan fingerprint density at radius 1 is 1.15 bits per heavy atom. The van der Waals surface area contributed by atoms with Crippen LogP contribution < -0.4 is 5.73 Å². The van der Waals surface area contributed by atoms with Gasteiger partial charge in [-0.25, -0.2) is 18.7 Å². The molecule has 0 saturated heterocycles. The molecule has 1 aliphatic rings. The van der Waals surface area contributed by atoms with Gasteiger partial charge in [-0.2, -0.15) is 13.2 Å². The molecule has 3 heterocycles. The van der Waals surface area contributed by atoms with E-state index in [9.17, 15) is 22.0 Å². The van der Waals surface area contributed by atoms with Crippen LogP contribution in [0.3, 0.4) is 0 Å². The third kappa shape index (κ3) is 2.72. The van der Waals surface area contributed by atoms with Gasteiger partial charge in [0, 0.05) is 24.9 Å². The second-order valence-corrected chi connectivity index (χ2v) is 6.33. The fourth-order valence-corrected chi connectivity index (χ4v) is 3.42. The fraction of sp³-hybridized carbons (Fsp3) is 0.294. The fourth-order valence-electron chi connectivity index (χ4n) is 3.42. The van der Waals surface area contributed by atoms with Crippen LogP contribution in [0.2, 0.25) is 0 Å². The Morgan fingerprint density at radius 3 is 2.65 bits per heavy atom. The van der Waals surface area contributed by atoms with Crippen LogP contribution in [0, 0.1) is 11.6 Å². The second-order valence-electron chi connectivity index (χ2n) is 6.33. The van der Waals surface area contributed by atoms with Crippen LogP contribution in [-0.4, -0.2) is 20.6 Å². The largest absolute Gasteiger partial charge is 0.433 e. The smallest absolute Gasteiger partial charge is 0.326 e. The second kappa shape index (κ2) is 5.73. The molecule has 3 aromatic rings. The van der Waals surface area contributed by atoms with Crippen molar-refractivity contribution >= 4 is 11.0 Å². The van der Waals surface area contributed by atoms with Crippen LogP contribution in [-0.2, 0) is 19.1 Å². The molecule has 2 atom stereocenters. The van der Waals surface area contributed by atoms with Crippen LogP contribution in [0.4, 0.5) is 22.0 Å². The summed E-state index contributed by atoms with van der Waals surface area (Å²) in [5.74, 6) is -1.20. The van der Waals surface area contributed by atoms with Gasteiger partial charge in [0.25, 0.3) is 0 Å². The molecule has 1 unspecified atom stereocenters. The standard InChI is InChI=1S/C17H13F5N4/c18-8-1-2-11(19)9(3-8)10-4-16-25-13-6-24-15(17(20,21)22)5-14(13)26(16)7-12(10)23/h1-3,5-6,10,12H,4,7,23H2/t10?,12-/m0/s1. The quantitative estimate of drug-likeness (QED) is 0.670. The van der Waals surface area contributed by atoms with Crippen LogP contribution in [0.25, 0.3) is 11.0 Å². The van der Waals surface area contributed by atoms with Gasteiger partial charge in [0.2, 0.25) is 0 Å². The van der Waals surface area contributed by atoms with Crippen LogP contribution in [0.5, 0.6) is 0 Å². The number of rotatable bonds is 1. The number of hydrogen-bond donors (Lipinski definition) is 1. The van der Waals surface area contributed by atoms with E-state index in [2.05, 4.69) is 9.97 Å². The summed E-state index contributed by atoms with van der Waals surface area (Å²) < 4.78 is 67.9. The maximum atomic E-state index is 14.1. The van der Waals surface area contributed by atoms with Crippen molar-refractivity contribution in [2.45, 2.75) is 31.1 Å². The summed E-state index contributed by atoms with van der Waals surface area (Å²) in [4.78, 5) is 7.70. The number of imidazole rings is 1. The normalized spacial score (nSPS) is 20.4. The summed E-state index contributed by atoms with van der Waals surface area (Å²) in [5, 5.41) is 0. The molecule has 26 heavy (non-hydrogen) atoms. The van der Waals surface area contributed by atoms with Gasteiger partial charge in [-0.15, -0.1) is 0 Å². The maximum absolute atomic E-state index is 14.1. The monoisotopic (exact) mass is 368 g/mol. The third-order valence-electron chi connectivity index (χ3n) is 4.67. The van der Waals surface area contributed by atoms with E-state index in [0.29, 0.717) is 11.3 Å². The van der Waals surface area contributed by atoms with Crippen LogP contribution in [0.1, 0.15) is 23.0 Å². The molecule has 2 N–H and O–H groups in total. The minimum Gasteiger partial charge on any atom is -0.326 e. The lowest BCUT2D eigenvalue weighted by molar-refractivity contribution is -0.141. The first-order chi connectivity index (χ1) is 12.2. The summed E-state index contributed by atoms with van der Waals surface area (Å²) in [6.45, 7) is 0.147. The van der Waals surface area contributed by atoms with Gasteiger partial charge in [-0.1, -0.05) is 0 Å². The Balaban J connectivity index is 1.78. The van der Waals surface area contributed by atoms with E-state index in [4.69, 9.17) is 5.73 Å². The minimum absolute atomic E-state index is 0.143. The van der Waals surface area contributed by atoms with Crippen molar-refractivity contribution in [3.63, 3.8) is 0 Å². The Hall–Kier alpha value is -2.55. The molecule has 1 aliphatic heterocycles. The Bertz CT molecular complexity index is 995. The van der Waals surface area contributed by atoms with E-state index in [-0.39, 0.29) is 24.0 Å². The molecule has 136 valence electrons. The molecular formula is C17H13F5N4. The molecule has 0 spiro atoms.